The van der Waals surface area contributed by atoms with Crippen LogP contribution in [0.2, 0.25) is 5.02 Å². The van der Waals surface area contributed by atoms with E-state index in [4.69, 9.17) is 21.1 Å². The average molecular weight is 403 g/mol. The number of nitrogens with zero attached hydrogens (tertiary/aromatic N) is 3. The number of H-pyrrole nitrogens is 1. The number of nitrogens with one attached hydrogen (secondary N) is 1. The molecule has 7 nitrogen and oxygen atoms in total. The van der Waals surface area contributed by atoms with Crippen molar-refractivity contribution in [2.24, 2.45) is 7.05 Å². The van der Waals surface area contributed by atoms with Gasteiger partial charge < -0.3 is 9.47 Å². The number of ether oxygens (including phenoxy) is 2. The molecule has 1 N–H and O–H groups in total. The second-order valence-electron chi connectivity index (χ2n) is 6.97. The summed E-state index contributed by atoms with van der Waals surface area (Å²) in [5.74, 6) is 0. The molecule has 0 spiro atoms. The second kappa shape index (κ2) is 7.58. The van der Waals surface area contributed by atoms with Gasteiger partial charge in [0.05, 0.1) is 34.1 Å². The molecule has 1 aromatic carbocycles. The molecule has 1 unspecified atom stereocenters. The zero-order valence-electron chi connectivity index (χ0n) is 16.0. The first-order valence-electron chi connectivity index (χ1n) is 9.28. The predicted molar refractivity (Wildman–Crippen MR) is 109 cm³/mol. The molecule has 0 amide bonds. The van der Waals surface area contributed by atoms with E-state index in [1.54, 1.807) is 20.2 Å². The summed E-state index contributed by atoms with van der Waals surface area (Å²) in [7, 11) is 3.27. The predicted octanol–water partition coefficient (Wildman–Crippen LogP) is 3.87. The van der Waals surface area contributed by atoms with E-state index < -0.39 is 0 Å². The Morgan fingerprint density at radius 1 is 1.46 bits per heavy atom. The first kappa shape index (κ1) is 19.0. The van der Waals surface area contributed by atoms with Crippen LogP contribution in [0.5, 0.6) is 0 Å². The highest BCUT2D eigenvalue weighted by Gasteiger charge is 2.24. The molecule has 3 aromatic rings. The van der Waals surface area contributed by atoms with Crippen LogP contribution in [0.15, 0.2) is 23.5 Å². The summed E-state index contributed by atoms with van der Waals surface area (Å²) in [4.78, 5) is 12.7. The summed E-state index contributed by atoms with van der Waals surface area (Å²) >= 11 is 6.69. The minimum atomic E-state index is -0.141. The number of fused-ring (bicyclic) bond motifs is 1. The normalized spacial score (nSPS) is 17.3. The molecule has 0 bridgehead atoms. The number of hydrogen-bond acceptors (Lipinski definition) is 4. The van der Waals surface area contributed by atoms with Gasteiger partial charge in [0.25, 0.3) is 5.56 Å². The van der Waals surface area contributed by atoms with Gasteiger partial charge in [-0.1, -0.05) is 18.2 Å². The van der Waals surface area contributed by atoms with Gasteiger partial charge in [-0.05, 0) is 43.0 Å². The van der Waals surface area contributed by atoms with Gasteiger partial charge in [-0.2, -0.15) is 5.10 Å². The van der Waals surface area contributed by atoms with Gasteiger partial charge in [-0.25, -0.2) is 4.68 Å². The van der Waals surface area contributed by atoms with Gasteiger partial charge in [0, 0.05) is 26.2 Å². The van der Waals surface area contributed by atoms with Crippen molar-refractivity contribution in [3.63, 3.8) is 0 Å². The fraction of sp³-hybridized carbons (Fsp3) is 0.400. The SMILES string of the molecule is C=Cc1nn(C2CCCCO2)c2c(Cl)cc(-c3c(COC)[nH]n(C)c3=O)cc12. The summed E-state index contributed by atoms with van der Waals surface area (Å²) in [6.45, 7) is 4.90. The Kier molecular flexibility index (Phi) is 5.14. The van der Waals surface area contributed by atoms with E-state index in [-0.39, 0.29) is 11.8 Å². The van der Waals surface area contributed by atoms with Crippen molar-refractivity contribution in [3.8, 4) is 11.1 Å². The summed E-state index contributed by atoms with van der Waals surface area (Å²) in [5, 5.41) is 9.10. The lowest BCUT2D eigenvalue weighted by Crippen LogP contribution is -2.19. The first-order chi connectivity index (χ1) is 13.5. The zero-order chi connectivity index (χ0) is 19.8. The van der Waals surface area contributed by atoms with E-state index in [1.165, 1.54) is 4.68 Å². The maximum atomic E-state index is 12.7. The number of rotatable bonds is 5. The smallest absolute Gasteiger partial charge is 0.274 e. The minimum absolute atomic E-state index is 0.134. The van der Waals surface area contributed by atoms with Crippen LogP contribution in [0, 0.1) is 0 Å². The monoisotopic (exact) mass is 402 g/mol. The number of halogens is 1. The molecule has 1 aliphatic rings. The van der Waals surface area contributed by atoms with Gasteiger partial charge >= 0.3 is 0 Å². The number of aromatic nitrogens is 4. The summed E-state index contributed by atoms with van der Waals surface area (Å²) in [6, 6.07) is 3.75. The Morgan fingerprint density at radius 2 is 2.29 bits per heavy atom. The maximum absolute atomic E-state index is 12.7. The molecule has 1 atom stereocenters. The summed E-state index contributed by atoms with van der Waals surface area (Å²) < 4.78 is 14.4. The van der Waals surface area contributed by atoms with Crippen molar-refractivity contribution in [3.05, 3.63) is 45.5 Å². The molecule has 8 heteroatoms. The van der Waals surface area contributed by atoms with Gasteiger partial charge in [0.1, 0.15) is 0 Å². The van der Waals surface area contributed by atoms with Crippen molar-refractivity contribution in [1.82, 2.24) is 19.6 Å². The average Bonchev–Trinajstić information content (AvgIpc) is 3.20. The lowest BCUT2D eigenvalue weighted by Gasteiger charge is -2.23. The highest BCUT2D eigenvalue weighted by molar-refractivity contribution is 6.35. The number of aromatic amines is 1. The number of aryl methyl sites for hydroxylation is 1. The van der Waals surface area contributed by atoms with Crippen molar-refractivity contribution in [1.29, 1.82) is 0 Å². The number of methoxy groups -OCH3 is 1. The Morgan fingerprint density at radius 3 is 2.96 bits per heavy atom. The molecule has 148 valence electrons. The van der Waals surface area contributed by atoms with E-state index >= 15 is 0 Å². The highest BCUT2D eigenvalue weighted by atomic mass is 35.5. The quantitative estimate of drug-likeness (QED) is 0.703. The molecule has 4 rings (SSSR count). The van der Waals surface area contributed by atoms with Crippen LogP contribution < -0.4 is 5.56 Å². The molecule has 3 heterocycles. The van der Waals surface area contributed by atoms with E-state index in [2.05, 4.69) is 16.8 Å². The van der Waals surface area contributed by atoms with E-state index in [0.29, 0.717) is 35.2 Å². The van der Waals surface area contributed by atoms with Crippen LogP contribution in [0.4, 0.5) is 0 Å². The maximum Gasteiger partial charge on any atom is 0.274 e. The Balaban J connectivity index is 1.92. The van der Waals surface area contributed by atoms with Crippen molar-refractivity contribution < 1.29 is 9.47 Å². The van der Waals surface area contributed by atoms with Crippen LogP contribution in [0.1, 0.15) is 36.9 Å². The summed E-state index contributed by atoms with van der Waals surface area (Å²) in [6.07, 6.45) is 4.60. The van der Waals surface area contributed by atoms with Crippen LogP contribution in [0.3, 0.4) is 0 Å². The van der Waals surface area contributed by atoms with E-state index in [9.17, 15) is 4.79 Å². The van der Waals surface area contributed by atoms with Crippen LogP contribution >= 0.6 is 11.6 Å². The molecule has 0 aliphatic carbocycles. The molecule has 0 radical (unpaired) electrons. The third-order valence-corrected chi connectivity index (χ3v) is 5.39. The van der Waals surface area contributed by atoms with E-state index in [1.807, 2.05) is 16.8 Å². The van der Waals surface area contributed by atoms with Crippen molar-refractivity contribution >= 4 is 28.6 Å². The third-order valence-electron chi connectivity index (χ3n) is 5.11. The van der Waals surface area contributed by atoms with Gasteiger partial charge in [0.2, 0.25) is 0 Å². The third kappa shape index (κ3) is 3.09. The molecule has 28 heavy (non-hydrogen) atoms. The molecular formula is C20H23ClN4O3. The van der Waals surface area contributed by atoms with Gasteiger partial charge in [-0.15, -0.1) is 0 Å². The largest absolute Gasteiger partial charge is 0.378 e. The lowest BCUT2D eigenvalue weighted by molar-refractivity contribution is -0.0367. The standard InChI is InChI=1S/C20H23ClN4O3/c1-4-15-13-9-12(18-16(11-27-3)22-24(2)20(18)26)10-14(21)19(13)25(23-15)17-7-5-6-8-28-17/h4,9-10,17,22H,1,5-8,11H2,2-3H3. The van der Waals surface area contributed by atoms with Gasteiger partial charge in [0.15, 0.2) is 6.23 Å². The second-order valence-corrected chi connectivity index (χ2v) is 7.38. The van der Waals surface area contributed by atoms with Crippen LogP contribution in [-0.4, -0.2) is 33.3 Å². The number of hydrogen-bond donors (Lipinski definition) is 1. The Labute approximate surface area is 167 Å². The lowest BCUT2D eigenvalue weighted by atomic mass is 10.0. The van der Waals surface area contributed by atoms with Crippen LogP contribution in [0.25, 0.3) is 28.1 Å². The van der Waals surface area contributed by atoms with E-state index in [0.717, 1.165) is 35.7 Å². The molecule has 2 aromatic heterocycles. The molecule has 0 saturated carbocycles. The summed E-state index contributed by atoms with van der Waals surface area (Å²) in [5.41, 5.74) is 3.35. The fourth-order valence-corrected chi connectivity index (χ4v) is 4.13. The van der Waals surface area contributed by atoms with Crippen molar-refractivity contribution in [2.45, 2.75) is 32.1 Å². The molecule has 1 saturated heterocycles. The van der Waals surface area contributed by atoms with Gasteiger partial charge in [-0.3, -0.25) is 14.6 Å². The topological polar surface area (TPSA) is 74.1 Å². The first-order valence-corrected chi connectivity index (χ1v) is 9.66. The fourth-order valence-electron chi connectivity index (χ4n) is 3.82. The molecule has 1 fully saturated rings. The molecule has 1 aliphatic heterocycles. The minimum Gasteiger partial charge on any atom is -0.378 e. The number of benzene rings is 1. The Hall–Kier alpha value is -2.35. The Bertz CT molecular complexity index is 1090. The van der Waals surface area contributed by atoms with Crippen molar-refractivity contribution in [2.75, 3.05) is 13.7 Å². The molecular weight excluding hydrogens is 380 g/mol. The van der Waals surface area contributed by atoms with Crippen LogP contribution in [-0.2, 0) is 23.1 Å². The highest BCUT2D eigenvalue weighted by Crippen LogP contribution is 2.36. The zero-order valence-corrected chi connectivity index (χ0v) is 16.8.